The predicted octanol–water partition coefficient (Wildman–Crippen LogP) is 2.59. The lowest BCUT2D eigenvalue weighted by atomic mass is 10.00. The Hall–Kier alpha value is -1.55. The van der Waals surface area contributed by atoms with E-state index in [1.807, 2.05) is 43.0 Å². The van der Waals surface area contributed by atoms with Crippen LogP contribution >= 0.6 is 0 Å². The van der Waals surface area contributed by atoms with Crippen molar-refractivity contribution in [2.45, 2.75) is 32.7 Å². The highest BCUT2D eigenvalue weighted by Gasteiger charge is 2.17. The summed E-state index contributed by atoms with van der Waals surface area (Å²) in [5.41, 5.74) is 1.19. The first-order chi connectivity index (χ1) is 8.93. The molecule has 0 aliphatic rings. The fraction of sp³-hybridized carbons (Fsp3) is 0.533. The summed E-state index contributed by atoms with van der Waals surface area (Å²) in [7, 11) is 1.64. The summed E-state index contributed by atoms with van der Waals surface area (Å²) in [5.74, 6) is 0.338. The van der Waals surface area contributed by atoms with Crippen molar-refractivity contribution in [1.29, 1.82) is 0 Å². The predicted molar refractivity (Wildman–Crippen MR) is 75.8 cm³/mol. The zero-order chi connectivity index (χ0) is 14.4. The molecule has 1 aromatic rings. The Bertz CT molecular complexity index is 400. The molecule has 0 fully saturated rings. The summed E-state index contributed by atoms with van der Waals surface area (Å²) in [4.78, 5) is 12.8. The minimum absolute atomic E-state index is 0.0815. The van der Waals surface area contributed by atoms with Crippen LogP contribution < -0.4 is 4.74 Å². The second-order valence-corrected chi connectivity index (χ2v) is 5.09. The number of carboxylic acid groups (broad SMARTS) is 1. The van der Waals surface area contributed by atoms with E-state index in [0.717, 1.165) is 12.3 Å². The topological polar surface area (TPSA) is 49.8 Å². The highest BCUT2D eigenvalue weighted by molar-refractivity contribution is 5.69. The van der Waals surface area contributed by atoms with E-state index in [2.05, 4.69) is 6.92 Å². The summed E-state index contributed by atoms with van der Waals surface area (Å²) in [6.45, 7) is 6.96. The molecule has 0 aliphatic heterocycles. The van der Waals surface area contributed by atoms with Gasteiger partial charge in [-0.25, -0.2) is 0 Å². The first-order valence-electron chi connectivity index (χ1n) is 6.53. The van der Waals surface area contributed by atoms with Crippen LogP contribution in [0.2, 0.25) is 0 Å². The Morgan fingerprint density at radius 3 is 2.26 bits per heavy atom. The SMILES string of the molecule is COc1ccc(C(C)CN(CC(=O)O)C(C)C)cc1. The Balaban J connectivity index is 2.69. The smallest absolute Gasteiger partial charge is 0.317 e. The molecule has 0 amide bonds. The van der Waals surface area contributed by atoms with Crippen molar-refractivity contribution in [3.05, 3.63) is 29.8 Å². The lowest BCUT2D eigenvalue weighted by Crippen LogP contribution is -2.38. The van der Waals surface area contributed by atoms with Gasteiger partial charge in [0.05, 0.1) is 13.7 Å². The van der Waals surface area contributed by atoms with E-state index in [1.165, 1.54) is 5.56 Å². The van der Waals surface area contributed by atoms with E-state index < -0.39 is 5.97 Å². The van der Waals surface area contributed by atoms with E-state index in [0.29, 0.717) is 0 Å². The standard InChI is InChI=1S/C15H23NO3/c1-11(2)16(10-15(17)18)9-12(3)13-5-7-14(19-4)8-6-13/h5-8,11-12H,9-10H2,1-4H3,(H,17,18). The van der Waals surface area contributed by atoms with Gasteiger partial charge < -0.3 is 9.84 Å². The van der Waals surface area contributed by atoms with Gasteiger partial charge in [0, 0.05) is 12.6 Å². The summed E-state index contributed by atoms with van der Waals surface area (Å²) >= 11 is 0. The number of aliphatic carboxylic acids is 1. The zero-order valence-electron chi connectivity index (χ0n) is 12.1. The number of hydrogen-bond acceptors (Lipinski definition) is 3. The fourth-order valence-electron chi connectivity index (χ4n) is 2.02. The van der Waals surface area contributed by atoms with Gasteiger partial charge in [-0.3, -0.25) is 9.69 Å². The third kappa shape index (κ3) is 4.91. The van der Waals surface area contributed by atoms with E-state index >= 15 is 0 Å². The van der Waals surface area contributed by atoms with Gasteiger partial charge in [0.25, 0.3) is 0 Å². The molecule has 1 N–H and O–H groups in total. The Morgan fingerprint density at radius 1 is 1.26 bits per heavy atom. The second kappa shape index (κ2) is 7.14. The monoisotopic (exact) mass is 265 g/mol. The summed E-state index contributed by atoms with van der Waals surface area (Å²) in [6.07, 6.45) is 0. The van der Waals surface area contributed by atoms with E-state index in [1.54, 1.807) is 7.11 Å². The van der Waals surface area contributed by atoms with Crippen LogP contribution in [0.5, 0.6) is 5.75 Å². The van der Waals surface area contributed by atoms with Crippen molar-refractivity contribution in [2.75, 3.05) is 20.2 Å². The van der Waals surface area contributed by atoms with Gasteiger partial charge in [0.1, 0.15) is 5.75 Å². The first-order valence-corrected chi connectivity index (χ1v) is 6.53. The normalized spacial score (nSPS) is 12.7. The minimum atomic E-state index is -0.782. The van der Waals surface area contributed by atoms with Crippen LogP contribution in [0, 0.1) is 0 Å². The van der Waals surface area contributed by atoms with Crippen LogP contribution in [0.25, 0.3) is 0 Å². The van der Waals surface area contributed by atoms with Gasteiger partial charge in [-0.15, -0.1) is 0 Å². The van der Waals surface area contributed by atoms with Gasteiger partial charge in [-0.05, 0) is 37.5 Å². The maximum atomic E-state index is 10.9. The summed E-state index contributed by atoms with van der Waals surface area (Å²) in [6, 6.07) is 8.15. The number of nitrogens with zero attached hydrogens (tertiary/aromatic N) is 1. The van der Waals surface area contributed by atoms with Crippen LogP contribution in [0.3, 0.4) is 0 Å². The van der Waals surface area contributed by atoms with Crippen LogP contribution in [0.4, 0.5) is 0 Å². The molecule has 4 nitrogen and oxygen atoms in total. The minimum Gasteiger partial charge on any atom is -0.497 e. The molecular weight excluding hydrogens is 242 g/mol. The van der Waals surface area contributed by atoms with E-state index in [4.69, 9.17) is 9.84 Å². The Labute approximate surface area is 115 Å². The molecule has 0 saturated heterocycles. The Morgan fingerprint density at radius 2 is 1.84 bits per heavy atom. The van der Waals surface area contributed by atoms with Crippen molar-refractivity contribution >= 4 is 5.97 Å². The van der Waals surface area contributed by atoms with Gasteiger partial charge in [-0.1, -0.05) is 19.1 Å². The first kappa shape index (κ1) is 15.5. The van der Waals surface area contributed by atoms with Gasteiger partial charge in [0.15, 0.2) is 0 Å². The summed E-state index contributed by atoms with van der Waals surface area (Å²) < 4.78 is 5.13. The zero-order valence-corrected chi connectivity index (χ0v) is 12.1. The van der Waals surface area contributed by atoms with Crippen molar-refractivity contribution in [3.8, 4) is 5.75 Å². The highest BCUT2D eigenvalue weighted by Crippen LogP contribution is 2.20. The highest BCUT2D eigenvalue weighted by atomic mass is 16.5. The average molecular weight is 265 g/mol. The molecule has 4 heteroatoms. The fourth-order valence-corrected chi connectivity index (χ4v) is 2.02. The molecule has 0 spiro atoms. The molecule has 0 radical (unpaired) electrons. The largest absolute Gasteiger partial charge is 0.497 e. The van der Waals surface area contributed by atoms with Crippen LogP contribution in [-0.2, 0) is 4.79 Å². The lowest BCUT2D eigenvalue weighted by molar-refractivity contribution is -0.138. The van der Waals surface area contributed by atoms with Crippen LogP contribution in [-0.4, -0.2) is 42.2 Å². The van der Waals surface area contributed by atoms with Crippen molar-refractivity contribution < 1.29 is 14.6 Å². The molecule has 19 heavy (non-hydrogen) atoms. The molecule has 0 aliphatic carbocycles. The van der Waals surface area contributed by atoms with Crippen LogP contribution in [0.1, 0.15) is 32.3 Å². The molecule has 0 aromatic heterocycles. The van der Waals surface area contributed by atoms with Gasteiger partial charge in [0.2, 0.25) is 0 Å². The number of carbonyl (C=O) groups is 1. The van der Waals surface area contributed by atoms with E-state index in [-0.39, 0.29) is 18.5 Å². The molecule has 1 rings (SSSR count). The van der Waals surface area contributed by atoms with Gasteiger partial charge >= 0.3 is 5.97 Å². The number of ether oxygens (including phenoxy) is 1. The van der Waals surface area contributed by atoms with Gasteiger partial charge in [-0.2, -0.15) is 0 Å². The average Bonchev–Trinajstić information content (AvgIpc) is 2.37. The van der Waals surface area contributed by atoms with E-state index in [9.17, 15) is 4.79 Å². The van der Waals surface area contributed by atoms with Crippen molar-refractivity contribution in [3.63, 3.8) is 0 Å². The van der Waals surface area contributed by atoms with Crippen molar-refractivity contribution in [2.24, 2.45) is 0 Å². The third-order valence-electron chi connectivity index (χ3n) is 3.26. The molecule has 1 atom stereocenters. The second-order valence-electron chi connectivity index (χ2n) is 5.09. The number of methoxy groups -OCH3 is 1. The summed E-state index contributed by atoms with van der Waals surface area (Å²) in [5, 5.41) is 8.93. The number of hydrogen-bond donors (Lipinski definition) is 1. The van der Waals surface area contributed by atoms with Crippen LogP contribution in [0.15, 0.2) is 24.3 Å². The van der Waals surface area contributed by atoms with Crippen molar-refractivity contribution in [1.82, 2.24) is 4.90 Å². The number of carboxylic acids is 1. The number of rotatable bonds is 7. The molecule has 0 heterocycles. The maximum Gasteiger partial charge on any atom is 0.317 e. The number of benzene rings is 1. The molecule has 1 aromatic carbocycles. The molecule has 106 valence electrons. The maximum absolute atomic E-state index is 10.9. The molecular formula is C15H23NO3. The molecule has 0 saturated carbocycles. The molecule has 1 unspecified atom stereocenters. The quantitative estimate of drug-likeness (QED) is 0.823. The lowest BCUT2D eigenvalue weighted by Gasteiger charge is -2.27. The Kier molecular flexibility index (Phi) is 5.83. The molecule has 0 bridgehead atoms. The third-order valence-corrected chi connectivity index (χ3v) is 3.26.